The lowest BCUT2D eigenvalue weighted by atomic mass is 10.3. The summed E-state index contributed by atoms with van der Waals surface area (Å²) in [5, 5.41) is 14.7. The second-order valence-electron chi connectivity index (χ2n) is 2.42. The summed E-state index contributed by atoms with van der Waals surface area (Å²) < 4.78 is 4.47. The zero-order chi connectivity index (χ0) is 9.68. The van der Waals surface area contributed by atoms with Gasteiger partial charge in [-0.2, -0.15) is 4.98 Å². The third-order valence-corrected chi connectivity index (χ3v) is 1.37. The van der Waals surface area contributed by atoms with Gasteiger partial charge in [0.25, 0.3) is 0 Å². The van der Waals surface area contributed by atoms with E-state index in [1.54, 1.807) is 0 Å². The number of carboxylic acid groups (broad SMARTS) is 1. The Balaban J connectivity index is 2.18. The molecule has 1 atom stereocenters. The standard InChI is InChI=1S/C6H10N4O3/c7-4(6(11)12)1-8-2-5-9-3-13-10-5/h3-4,8H,1-2,7H2,(H,11,12). The molecule has 1 unspecified atom stereocenters. The van der Waals surface area contributed by atoms with E-state index >= 15 is 0 Å². The highest BCUT2D eigenvalue weighted by Crippen LogP contribution is 1.86. The number of nitrogens with zero attached hydrogens (tertiary/aromatic N) is 2. The lowest BCUT2D eigenvalue weighted by Gasteiger charge is -2.05. The first-order valence-electron chi connectivity index (χ1n) is 3.64. The van der Waals surface area contributed by atoms with Gasteiger partial charge in [-0.3, -0.25) is 4.79 Å². The minimum Gasteiger partial charge on any atom is -0.480 e. The largest absolute Gasteiger partial charge is 0.480 e. The number of aliphatic carboxylic acids is 1. The fourth-order valence-electron chi connectivity index (χ4n) is 0.697. The van der Waals surface area contributed by atoms with E-state index in [4.69, 9.17) is 10.8 Å². The Hall–Kier alpha value is -1.47. The molecule has 1 aromatic heterocycles. The predicted octanol–water partition coefficient (Wildman–Crippen LogP) is -1.43. The van der Waals surface area contributed by atoms with Gasteiger partial charge in [-0.15, -0.1) is 0 Å². The normalized spacial score (nSPS) is 12.7. The fourth-order valence-corrected chi connectivity index (χ4v) is 0.697. The smallest absolute Gasteiger partial charge is 0.321 e. The molecule has 0 saturated carbocycles. The molecule has 0 spiro atoms. The first kappa shape index (κ1) is 9.62. The van der Waals surface area contributed by atoms with Gasteiger partial charge < -0.3 is 20.7 Å². The Morgan fingerprint density at radius 3 is 3.15 bits per heavy atom. The Labute approximate surface area is 73.9 Å². The highest BCUT2D eigenvalue weighted by molar-refractivity contribution is 5.73. The van der Waals surface area contributed by atoms with Gasteiger partial charge in [0.1, 0.15) is 6.04 Å². The summed E-state index contributed by atoms with van der Waals surface area (Å²) in [6, 6.07) is -0.910. The van der Waals surface area contributed by atoms with Gasteiger partial charge in [0.15, 0.2) is 5.82 Å². The minimum atomic E-state index is -1.04. The van der Waals surface area contributed by atoms with Gasteiger partial charge in [-0.25, -0.2) is 0 Å². The molecular formula is C6H10N4O3. The lowest BCUT2D eigenvalue weighted by molar-refractivity contribution is -0.138. The van der Waals surface area contributed by atoms with Gasteiger partial charge in [0.05, 0.1) is 6.54 Å². The molecule has 0 bridgehead atoms. The molecule has 1 aromatic rings. The fraction of sp³-hybridized carbons (Fsp3) is 0.500. The molecule has 7 nitrogen and oxygen atoms in total. The van der Waals surface area contributed by atoms with Crippen molar-refractivity contribution in [1.82, 2.24) is 15.5 Å². The summed E-state index contributed by atoms with van der Waals surface area (Å²) in [4.78, 5) is 14.0. The van der Waals surface area contributed by atoms with Crippen LogP contribution in [-0.4, -0.2) is 33.8 Å². The quantitative estimate of drug-likeness (QED) is 0.516. The van der Waals surface area contributed by atoms with Crippen molar-refractivity contribution in [2.24, 2.45) is 5.73 Å². The van der Waals surface area contributed by atoms with Crippen molar-refractivity contribution in [2.75, 3.05) is 6.54 Å². The Morgan fingerprint density at radius 1 is 1.85 bits per heavy atom. The van der Waals surface area contributed by atoms with Crippen molar-refractivity contribution in [3.63, 3.8) is 0 Å². The number of carboxylic acids is 1. The summed E-state index contributed by atoms with van der Waals surface area (Å²) in [6.07, 6.45) is 1.20. The van der Waals surface area contributed by atoms with Crippen LogP contribution in [0.2, 0.25) is 0 Å². The van der Waals surface area contributed by atoms with Crippen molar-refractivity contribution >= 4 is 5.97 Å². The number of nitrogens with one attached hydrogen (secondary N) is 1. The van der Waals surface area contributed by atoms with Crippen LogP contribution in [0.25, 0.3) is 0 Å². The van der Waals surface area contributed by atoms with Crippen LogP contribution in [0.5, 0.6) is 0 Å². The molecule has 1 rings (SSSR count). The van der Waals surface area contributed by atoms with Crippen LogP contribution in [0, 0.1) is 0 Å². The maximum atomic E-state index is 10.3. The summed E-state index contributed by atoms with van der Waals surface area (Å²) in [5.41, 5.74) is 5.23. The van der Waals surface area contributed by atoms with Crippen molar-refractivity contribution < 1.29 is 14.4 Å². The van der Waals surface area contributed by atoms with Gasteiger partial charge in [-0.1, -0.05) is 5.16 Å². The summed E-state index contributed by atoms with van der Waals surface area (Å²) in [7, 11) is 0. The molecule has 1 heterocycles. The topological polar surface area (TPSA) is 114 Å². The van der Waals surface area contributed by atoms with Gasteiger partial charge in [0.2, 0.25) is 6.39 Å². The highest BCUT2D eigenvalue weighted by atomic mass is 16.5. The van der Waals surface area contributed by atoms with Gasteiger partial charge in [-0.05, 0) is 0 Å². The molecule has 0 fully saturated rings. The lowest BCUT2D eigenvalue weighted by Crippen LogP contribution is -2.40. The van der Waals surface area contributed by atoms with E-state index in [0.717, 1.165) is 0 Å². The first-order chi connectivity index (χ1) is 6.20. The maximum Gasteiger partial charge on any atom is 0.321 e. The maximum absolute atomic E-state index is 10.3. The molecule has 7 heteroatoms. The number of hydrogen-bond donors (Lipinski definition) is 3. The molecule has 13 heavy (non-hydrogen) atoms. The van der Waals surface area contributed by atoms with Crippen molar-refractivity contribution in [3.8, 4) is 0 Å². The molecule has 72 valence electrons. The third kappa shape index (κ3) is 3.18. The van der Waals surface area contributed by atoms with E-state index in [9.17, 15) is 4.79 Å². The van der Waals surface area contributed by atoms with Crippen LogP contribution in [0.1, 0.15) is 5.82 Å². The van der Waals surface area contributed by atoms with Crippen LogP contribution in [0.15, 0.2) is 10.9 Å². The molecule has 0 radical (unpaired) electrons. The summed E-state index contributed by atoms with van der Waals surface area (Å²) >= 11 is 0. The average Bonchev–Trinajstić information content (AvgIpc) is 2.56. The summed E-state index contributed by atoms with van der Waals surface area (Å²) in [6.45, 7) is 0.515. The van der Waals surface area contributed by atoms with Crippen LogP contribution < -0.4 is 11.1 Å². The predicted molar refractivity (Wildman–Crippen MR) is 41.6 cm³/mol. The molecule has 4 N–H and O–H groups in total. The monoisotopic (exact) mass is 186 g/mol. The van der Waals surface area contributed by atoms with E-state index in [1.165, 1.54) is 6.39 Å². The number of nitrogens with two attached hydrogens (primary N) is 1. The van der Waals surface area contributed by atoms with E-state index < -0.39 is 12.0 Å². The second kappa shape index (κ2) is 4.53. The summed E-state index contributed by atoms with van der Waals surface area (Å²) in [5.74, 6) is -0.571. The van der Waals surface area contributed by atoms with Gasteiger partial charge in [0, 0.05) is 6.54 Å². The molecular weight excluding hydrogens is 176 g/mol. The molecule has 0 amide bonds. The van der Waals surface area contributed by atoms with E-state index in [-0.39, 0.29) is 6.54 Å². The molecule has 0 aliphatic carbocycles. The zero-order valence-corrected chi connectivity index (χ0v) is 6.80. The minimum absolute atomic E-state index is 0.171. The van der Waals surface area contributed by atoms with Crippen LogP contribution in [0.4, 0.5) is 0 Å². The second-order valence-corrected chi connectivity index (χ2v) is 2.42. The first-order valence-corrected chi connectivity index (χ1v) is 3.64. The molecule has 0 saturated heterocycles. The van der Waals surface area contributed by atoms with Crippen LogP contribution in [0.3, 0.4) is 0 Å². The highest BCUT2D eigenvalue weighted by Gasteiger charge is 2.10. The number of aromatic nitrogens is 2. The van der Waals surface area contributed by atoms with E-state index in [1.807, 2.05) is 0 Å². The molecule has 0 aromatic carbocycles. The SMILES string of the molecule is NC(CNCc1ncon1)C(=O)O. The zero-order valence-electron chi connectivity index (χ0n) is 6.80. The Bertz CT molecular complexity index is 261. The average molecular weight is 186 g/mol. The van der Waals surface area contributed by atoms with E-state index in [0.29, 0.717) is 12.4 Å². The Kier molecular flexibility index (Phi) is 3.35. The third-order valence-electron chi connectivity index (χ3n) is 1.37. The van der Waals surface area contributed by atoms with Crippen LogP contribution in [-0.2, 0) is 11.3 Å². The molecule has 0 aliphatic rings. The van der Waals surface area contributed by atoms with Crippen LogP contribution >= 0.6 is 0 Å². The van der Waals surface area contributed by atoms with Crippen molar-refractivity contribution in [3.05, 3.63) is 12.2 Å². The van der Waals surface area contributed by atoms with Gasteiger partial charge >= 0.3 is 5.97 Å². The number of hydrogen-bond acceptors (Lipinski definition) is 6. The van der Waals surface area contributed by atoms with Crippen molar-refractivity contribution in [2.45, 2.75) is 12.6 Å². The number of carbonyl (C=O) groups is 1. The number of rotatable bonds is 5. The Morgan fingerprint density at radius 2 is 2.62 bits per heavy atom. The van der Waals surface area contributed by atoms with E-state index in [2.05, 4.69) is 20.0 Å². The van der Waals surface area contributed by atoms with Crippen molar-refractivity contribution in [1.29, 1.82) is 0 Å². The molecule has 0 aliphatic heterocycles.